The summed E-state index contributed by atoms with van der Waals surface area (Å²) in [6.45, 7) is 2.18. The van der Waals surface area contributed by atoms with Crippen LogP contribution in [-0.4, -0.2) is 64.9 Å². The van der Waals surface area contributed by atoms with Gasteiger partial charge in [0.2, 0.25) is 5.91 Å². The van der Waals surface area contributed by atoms with Gasteiger partial charge in [-0.3, -0.25) is 18.6 Å². The molecule has 0 fully saturated rings. The minimum absolute atomic E-state index is 0.139. The van der Waals surface area contributed by atoms with Crippen molar-refractivity contribution in [2.45, 2.75) is 90.2 Å². The first kappa shape index (κ1) is 30.5. The van der Waals surface area contributed by atoms with Gasteiger partial charge in [-0.05, 0) is 12.8 Å². The van der Waals surface area contributed by atoms with E-state index in [1.165, 1.54) is 0 Å². The number of carboxylic acid groups (broad SMARTS) is 1. The molecule has 12 heteroatoms. The number of esters is 1. The molecule has 0 aromatic heterocycles. The molecule has 3 unspecified atom stereocenters. The average molecular weight is 483 g/mol. The normalized spacial score (nSPS) is 14.9. The summed E-state index contributed by atoms with van der Waals surface area (Å²) in [5.41, 5.74) is 0. The molecule has 0 heterocycles. The predicted molar refractivity (Wildman–Crippen MR) is 116 cm³/mol. The lowest BCUT2D eigenvalue weighted by Crippen LogP contribution is -2.43. The van der Waals surface area contributed by atoms with Crippen molar-refractivity contribution in [1.29, 1.82) is 0 Å². The van der Waals surface area contributed by atoms with Crippen molar-refractivity contribution in [2.75, 3.05) is 19.8 Å². The number of carbonyl (C=O) groups is 3. The van der Waals surface area contributed by atoms with Crippen LogP contribution in [0.3, 0.4) is 0 Å². The summed E-state index contributed by atoms with van der Waals surface area (Å²) in [5.74, 6) is -2.42. The van der Waals surface area contributed by atoms with Crippen LogP contribution < -0.4 is 5.32 Å². The summed E-state index contributed by atoms with van der Waals surface area (Å²) < 4.78 is 26.0. The van der Waals surface area contributed by atoms with Crippen LogP contribution in [0.2, 0.25) is 0 Å². The van der Waals surface area contributed by atoms with Gasteiger partial charge in [-0.2, -0.15) is 0 Å². The Morgan fingerprint density at radius 1 is 0.875 bits per heavy atom. The zero-order chi connectivity index (χ0) is 24.4. The third-order valence-corrected chi connectivity index (χ3v) is 5.35. The predicted octanol–water partition coefficient (Wildman–Crippen LogP) is 2.53. The van der Waals surface area contributed by atoms with Crippen molar-refractivity contribution < 1.29 is 47.8 Å². The third-order valence-electron chi connectivity index (χ3n) is 4.40. The topological polar surface area (TPSA) is 169 Å². The number of amides is 1. The number of carbonyl (C=O) groups excluding carboxylic acids is 2. The fourth-order valence-corrected chi connectivity index (χ4v) is 3.32. The van der Waals surface area contributed by atoms with Crippen LogP contribution in [0.25, 0.3) is 0 Å². The van der Waals surface area contributed by atoms with Gasteiger partial charge in [-0.1, -0.05) is 52.4 Å². The minimum Gasteiger partial charge on any atom is -0.480 e. The maximum atomic E-state index is 11.9. The van der Waals surface area contributed by atoms with Crippen LogP contribution in [0.1, 0.15) is 78.1 Å². The van der Waals surface area contributed by atoms with Crippen LogP contribution in [-0.2, 0) is 32.7 Å². The van der Waals surface area contributed by atoms with Crippen molar-refractivity contribution in [1.82, 2.24) is 5.32 Å². The standard InChI is InChI=1S/C20H38NO10P/c1-3-5-7-9-11-18(23)21-17(20(25)26)15-31-32(27,28)30-14-16(22)13-29-19(24)12-10-8-6-4-2/h16-17,22H,3-15H2,1-2H3,(H,21,23)(H,25,26)(H,27,28). The third kappa shape index (κ3) is 17.1. The second-order valence-corrected chi connectivity index (χ2v) is 8.93. The molecule has 3 atom stereocenters. The van der Waals surface area contributed by atoms with Gasteiger partial charge in [0.15, 0.2) is 6.04 Å². The zero-order valence-corrected chi connectivity index (χ0v) is 19.9. The molecule has 0 aliphatic rings. The van der Waals surface area contributed by atoms with E-state index in [0.29, 0.717) is 12.8 Å². The Balaban J connectivity index is 4.25. The van der Waals surface area contributed by atoms with Crippen LogP contribution in [0, 0.1) is 0 Å². The van der Waals surface area contributed by atoms with Gasteiger partial charge < -0.3 is 25.2 Å². The molecule has 0 saturated carbocycles. The molecule has 0 bridgehead atoms. The van der Waals surface area contributed by atoms with E-state index in [4.69, 9.17) is 9.84 Å². The molecule has 0 aliphatic heterocycles. The number of aliphatic hydroxyl groups is 1. The molecular formula is C20H38NO10P. The van der Waals surface area contributed by atoms with Crippen LogP contribution in [0.15, 0.2) is 0 Å². The van der Waals surface area contributed by atoms with E-state index in [9.17, 15) is 28.9 Å². The fraction of sp³-hybridized carbons (Fsp3) is 0.850. The van der Waals surface area contributed by atoms with Gasteiger partial charge in [0.25, 0.3) is 0 Å². The molecule has 0 aliphatic carbocycles. The van der Waals surface area contributed by atoms with Crippen molar-refractivity contribution in [3.63, 3.8) is 0 Å². The number of phosphoric acid groups is 1. The lowest BCUT2D eigenvalue weighted by atomic mass is 10.1. The van der Waals surface area contributed by atoms with Gasteiger partial charge in [0.05, 0.1) is 13.2 Å². The Bertz CT molecular complexity index is 601. The molecule has 0 saturated heterocycles. The van der Waals surface area contributed by atoms with Crippen LogP contribution >= 0.6 is 7.82 Å². The Morgan fingerprint density at radius 2 is 1.44 bits per heavy atom. The summed E-state index contributed by atoms with van der Waals surface area (Å²) in [5, 5.41) is 21.1. The molecule has 1 amide bonds. The van der Waals surface area contributed by atoms with E-state index < -0.39 is 57.6 Å². The van der Waals surface area contributed by atoms with E-state index in [-0.39, 0.29) is 12.8 Å². The second-order valence-electron chi connectivity index (χ2n) is 7.48. The number of unbranched alkanes of at least 4 members (excludes halogenated alkanes) is 6. The number of carboxylic acids is 1. The quantitative estimate of drug-likeness (QED) is 0.115. The maximum absolute atomic E-state index is 11.9. The van der Waals surface area contributed by atoms with Gasteiger partial charge in [0, 0.05) is 12.8 Å². The van der Waals surface area contributed by atoms with Gasteiger partial charge in [-0.15, -0.1) is 0 Å². The summed E-state index contributed by atoms with van der Waals surface area (Å²) >= 11 is 0. The van der Waals surface area contributed by atoms with Crippen molar-refractivity contribution >= 4 is 25.7 Å². The number of hydrogen-bond acceptors (Lipinski definition) is 8. The minimum atomic E-state index is -4.70. The number of ether oxygens (including phenoxy) is 1. The van der Waals surface area contributed by atoms with Crippen LogP contribution in [0.4, 0.5) is 0 Å². The summed E-state index contributed by atoms with van der Waals surface area (Å²) in [6.07, 6.45) is 6.03. The number of nitrogens with one attached hydrogen (secondary N) is 1. The monoisotopic (exact) mass is 483 g/mol. The Hall–Kier alpha value is -1.52. The molecule has 0 aromatic rings. The van der Waals surface area contributed by atoms with Crippen molar-refractivity contribution in [3.05, 3.63) is 0 Å². The Morgan fingerprint density at radius 3 is 2.00 bits per heavy atom. The molecule has 0 radical (unpaired) electrons. The second kappa shape index (κ2) is 18.0. The average Bonchev–Trinajstić information content (AvgIpc) is 2.74. The first-order valence-corrected chi connectivity index (χ1v) is 12.6. The van der Waals surface area contributed by atoms with Gasteiger partial charge in [0.1, 0.15) is 12.7 Å². The molecule has 4 N–H and O–H groups in total. The van der Waals surface area contributed by atoms with Crippen molar-refractivity contribution in [2.24, 2.45) is 0 Å². The Kier molecular flexibility index (Phi) is 17.1. The molecular weight excluding hydrogens is 445 g/mol. The molecule has 188 valence electrons. The Labute approximate surface area is 189 Å². The highest BCUT2D eigenvalue weighted by Crippen LogP contribution is 2.43. The SMILES string of the molecule is CCCCCCC(=O)NC(COP(=O)(O)OCC(O)COC(=O)CCCCCC)C(=O)O. The molecule has 11 nitrogen and oxygen atoms in total. The smallest absolute Gasteiger partial charge is 0.472 e. The zero-order valence-electron chi connectivity index (χ0n) is 19.0. The fourth-order valence-electron chi connectivity index (χ4n) is 2.55. The number of phosphoric ester groups is 1. The highest BCUT2D eigenvalue weighted by atomic mass is 31.2. The lowest BCUT2D eigenvalue weighted by Gasteiger charge is -2.18. The largest absolute Gasteiger partial charge is 0.480 e. The first-order valence-electron chi connectivity index (χ1n) is 11.1. The van der Waals surface area contributed by atoms with Crippen LogP contribution in [0.5, 0.6) is 0 Å². The molecule has 0 aromatic carbocycles. The van der Waals surface area contributed by atoms with Crippen molar-refractivity contribution in [3.8, 4) is 0 Å². The first-order chi connectivity index (χ1) is 15.1. The number of rotatable bonds is 20. The summed E-state index contributed by atoms with van der Waals surface area (Å²) in [6, 6.07) is -1.53. The van der Waals surface area contributed by atoms with E-state index >= 15 is 0 Å². The van der Waals surface area contributed by atoms with E-state index in [1.54, 1.807) is 0 Å². The number of aliphatic hydroxyl groups excluding tert-OH is 1. The maximum Gasteiger partial charge on any atom is 0.472 e. The molecule has 0 spiro atoms. The lowest BCUT2D eigenvalue weighted by molar-refractivity contribution is -0.147. The highest BCUT2D eigenvalue weighted by molar-refractivity contribution is 7.47. The summed E-state index contributed by atoms with van der Waals surface area (Å²) in [7, 11) is -4.70. The molecule has 0 rings (SSSR count). The number of aliphatic carboxylic acids is 1. The van der Waals surface area contributed by atoms with Gasteiger partial charge in [-0.25, -0.2) is 9.36 Å². The van der Waals surface area contributed by atoms with E-state index in [2.05, 4.69) is 14.4 Å². The van der Waals surface area contributed by atoms with E-state index in [0.717, 1.165) is 38.5 Å². The summed E-state index contributed by atoms with van der Waals surface area (Å²) in [4.78, 5) is 44.3. The highest BCUT2D eigenvalue weighted by Gasteiger charge is 2.28. The number of hydrogen-bond donors (Lipinski definition) is 4. The molecule has 32 heavy (non-hydrogen) atoms. The van der Waals surface area contributed by atoms with E-state index in [1.807, 2.05) is 13.8 Å². The van der Waals surface area contributed by atoms with Gasteiger partial charge >= 0.3 is 19.8 Å².